The molecule has 93 heavy (non-hydrogen) atoms. The number of hydrogen-bond donors (Lipinski definition) is 0. The van der Waals surface area contributed by atoms with E-state index in [-0.39, 0.29) is 0 Å². The van der Waals surface area contributed by atoms with Crippen LogP contribution in [0.4, 0.5) is 0 Å². The summed E-state index contributed by atoms with van der Waals surface area (Å²) < 4.78 is 2.23. The van der Waals surface area contributed by atoms with Gasteiger partial charge in [-0.05, 0) is 127 Å². The molecular weight excluding hydrogens is 1130 g/mol. The number of fused-ring (bicyclic) bond motifs is 9. The molecule has 13 aromatic carbocycles. The van der Waals surface area contributed by atoms with E-state index in [1.807, 2.05) is 24.4 Å². The molecular formula is C87H56N6. The van der Waals surface area contributed by atoms with E-state index >= 15 is 0 Å². The highest BCUT2D eigenvalue weighted by Crippen LogP contribution is 2.42. The van der Waals surface area contributed by atoms with Crippen LogP contribution in [0, 0.1) is 0 Å². The monoisotopic (exact) mass is 1180 g/mol. The summed E-state index contributed by atoms with van der Waals surface area (Å²) >= 11 is 0. The van der Waals surface area contributed by atoms with Gasteiger partial charge < -0.3 is 0 Å². The Morgan fingerprint density at radius 2 is 0.591 bits per heavy atom. The molecule has 18 aromatic rings. The van der Waals surface area contributed by atoms with Crippen molar-refractivity contribution in [3.05, 3.63) is 340 Å². The van der Waals surface area contributed by atoms with Gasteiger partial charge in [-0.25, -0.2) is 19.9 Å². The number of nitrogens with zero attached hydrogens (tertiary/aromatic N) is 6. The van der Waals surface area contributed by atoms with Crippen LogP contribution in [0.3, 0.4) is 0 Å². The summed E-state index contributed by atoms with van der Waals surface area (Å²) in [5.74, 6) is 0.907. The number of imidazole rings is 1. The maximum atomic E-state index is 5.42. The van der Waals surface area contributed by atoms with Gasteiger partial charge in [-0.2, -0.15) is 0 Å². The normalized spacial score (nSPS) is 11.4. The van der Waals surface area contributed by atoms with Crippen molar-refractivity contribution in [2.24, 2.45) is 0 Å². The SMILES string of the molecule is c1ccc(-c2cc(-c3ccc4ccccc4c3)nc3c2ccc2c(-c4ccccc4)cc(-c4ccc5ccccc5c4)nc23)cc1.c1ccc(-c2ccnc3c2ccc2c(-c4ccccc4)cc(-c4ccc(-c5nc6ccccc6n5-c5ccccc5)cc4)nc23)cc1. The Morgan fingerprint density at radius 3 is 1.08 bits per heavy atom. The number of benzene rings is 13. The minimum atomic E-state index is 0.895. The number of para-hydroxylation sites is 3. The van der Waals surface area contributed by atoms with Crippen LogP contribution in [-0.2, 0) is 0 Å². The van der Waals surface area contributed by atoms with Gasteiger partial charge in [-0.3, -0.25) is 9.55 Å². The lowest BCUT2D eigenvalue weighted by Crippen LogP contribution is -1.97. The van der Waals surface area contributed by atoms with Crippen LogP contribution in [0.15, 0.2) is 340 Å². The molecule has 0 spiro atoms. The fourth-order valence-electron chi connectivity index (χ4n) is 13.3. The average Bonchev–Trinajstić information content (AvgIpc) is 1.33. The van der Waals surface area contributed by atoms with Crippen LogP contribution in [0.1, 0.15) is 0 Å². The molecule has 0 amide bonds. The van der Waals surface area contributed by atoms with Gasteiger partial charge in [0, 0.05) is 55.7 Å². The van der Waals surface area contributed by atoms with Crippen molar-refractivity contribution < 1.29 is 0 Å². The molecule has 0 fully saturated rings. The number of pyridine rings is 4. The molecule has 0 aliphatic carbocycles. The first-order valence-corrected chi connectivity index (χ1v) is 31.4. The summed E-state index contributed by atoms with van der Waals surface area (Å²) in [4.78, 5) is 26.1. The Hall–Kier alpha value is -12.5. The van der Waals surface area contributed by atoms with Gasteiger partial charge in [0.2, 0.25) is 0 Å². The zero-order valence-electron chi connectivity index (χ0n) is 50.5. The highest BCUT2D eigenvalue weighted by Gasteiger charge is 2.20. The third kappa shape index (κ3) is 10.2. The Bertz CT molecular complexity index is 5650. The third-order valence-corrected chi connectivity index (χ3v) is 17.9. The van der Waals surface area contributed by atoms with Crippen molar-refractivity contribution in [2.45, 2.75) is 0 Å². The molecule has 0 atom stereocenters. The summed E-state index contributed by atoms with van der Waals surface area (Å²) in [6.07, 6.45) is 1.90. The van der Waals surface area contributed by atoms with Crippen LogP contribution in [-0.4, -0.2) is 29.5 Å². The van der Waals surface area contributed by atoms with Crippen LogP contribution in [0.5, 0.6) is 0 Å². The van der Waals surface area contributed by atoms with Crippen molar-refractivity contribution in [3.63, 3.8) is 0 Å². The molecule has 5 aromatic heterocycles. The standard InChI is InChI=1S/C44H28N2.C43H28N4/c1-3-13-31(14-4-1)39-27-41(35-21-19-29-11-7-9-17-33(29)25-35)45-43-37(39)23-24-38-40(32-15-5-2-6-16-32)28-42(46-44(38)43)36-22-20-30-12-8-10-18-34(30)26-36;1-4-12-29(13-5-1)34-26-27-44-41-35(34)24-25-36-37(30-14-6-2-7-15-30)28-39(45-42(36)41)31-20-22-32(23-21-31)43-46-38-18-10-11-19-40(38)47(43)33-16-8-3-9-17-33/h1-28H;1-28H. The smallest absolute Gasteiger partial charge is 0.145 e. The van der Waals surface area contributed by atoms with Crippen molar-refractivity contribution in [2.75, 3.05) is 0 Å². The van der Waals surface area contributed by atoms with E-state index in [0.29, 0.717) is 0 Å². The fraction of sp³-hybridized carbons (Fsp3) is 0. The highest BCUT2D eigenvalue weighted by molar-refractivity contribution is 6.15. The number of rotatable bonds is 9. The Kier molecular flexibility index (Phi) is 13.8. The van der Waals surface area contributed by atoms with Crippen LogP contribution < -0.4 is 0 Å². The first kappa shape index (κ1) is 54.6. The predicted octanol–water partition coefficient (Wildman–Crippen LogP) is 22.5. The van der Waals surface area contributed by atoms with E-state index in [1.54, 1.807) is 0 Å². The lowest BCUT2D eigenvalue weighted by Gasteiger charge is -2.16. The predicted molar refractivity (Wildman–Crippen MR) is 387 cm³/mol. The molecule has 5 heterocycles. The average molecular weight is 1190 g/mol. The molecule has 0 aliphatic rings. The fourth-order valence-corrected chi connectivity index (χ4v) is 13.3. The Labute approximate surface area is 537 Å². The van der Waals surface area contributed by atoms with Gasteiger partial charge >= 0.3 is 0 Å². The Morgan fingerprint density at radius 1 is 0.226 bits per heavy atom. The summed E-state index contributed by atoms with van der Waals surface area (Å²) in [7, 11) is 0. The molecule has 18 rings (SSSR count). The van der Waals surface area contributed by atoms with Crippen molar-refractivity contribution >= 4 is 76.2 Å². The quantitative estimate of drug-likeness (QED) is 0.135. The summed E-state index contributed by atoms with van der Waals surface area (Å²) in [5, 5.41) is 9.18. The minimum absolute atomic E-state index is 0.895. The first-order valence-electron chi connectivity index (χ1n) is 31.4. The van der Waals surface area contributed by atoms with E-state index in [0.717, 1.165) is 150 Å². The van der Waals surface area contributed by atoms with E-state index in [1.165, 1.54) is 21.5 Å². The summed E-state index contributed by atoms with van der Waals surface area (Å²) in [6.45, 7) is 0. The van der Waals surface area contributed by atoms with Gasteiger partial charge in [-0.15, -0.1) is 0 Å². The number of aromatic nitrogens is 6. The lowest BCUT2D eigenvalue weighted by atomic mass is 9.93. The molecule has 0 unspecified atom stereocenters. The van der Waals surface area contributed by atoms with Crippen molar-refractivity contribution in [1.82, 2.24) is 29.5 Å². The van der Waals surface area contributed by atoms with Crippen molar-refractivity contribution in [1.29, 1.82) is 0 Å². The molecule has 0 saturated carbocycles. The van der Waals surface area contributed by atoms with Gasteiger partial charge in [0.1, 0.15) is 5.82 Å². The van der Waals surface area contributed by atoms with Gasteiger partial charge in [0.05, 0.1) is 50.2 Å². The molecule has 0 N–H and O–H groups in total. The van der Waals surface area contributed by atoms with Gasteiger partial charge in [0.25, 0.3) is 0 Å². The molecule has 0 bridgehead atoms. The second-order valence-electron chi connectivity index (χ2n) is 23.5. The van der Waals surface area contributed by atoms with E-state index in [2.05, 4.69) is 320 Å². The zero-order valence-corrected chi connectivity index (χ0v) is 50.5. The molecule has 6 heteroatoms. The Balaban J connectivity index is 0.000000142. The minimum Gasteiger partial charge on any atom is -0.292 e. The second-order valence-corrected chi connectivity index (χ2v) is 23.5. The van der Waals surface area contributed by atoms with Gasteiger partial charge in [-0.1, -0.05) is 273 Å². The van der Waals surface area contributed by atoms with Crippen molar-refractivity contribution in [3.8, 4) is 95.4 Å². The van der Waals surface area contributed by atoms with Crippen LogP contribution in [0.25, 0.3) is 172 Å². The maximum absolute atomic E-state index is 5.42. The molecule has 0 radical (unpaired) electrons. The number of hydrogen-bond acceptors (Lipinski definition) is 5. The molecule has 0 aliphatic heterocycles. The largest absolute Gasteiger partial charge is 0.292 e. The lowest BCUT2D eigenvalue weighted by molar-refractivity contribution is 1.10. The summed E-state index contributed by atoms with van der Waals surface area (Å²) in [5.41, 5.74) is 23.0. The van der Waals surface area contributed by atoms with Crippen LogP contribution in [0.2, 0.25) is 0 Å². The van der Waals surface area contributed by atoms with E-state index in [9.17, 15) is 0 Å². The van der Waals surface area contributed by atoms with Crippen LogP contribution >= 0.6 is 0 Å². The third-order valence-electron chi connectivity index (χ3n) is 17.9. The van der Waals surface area contributed by atoms with Gasteiger partial charge in [0.15, 0.2) is 0 Å². The molecule has 0 saturated heterocycles. The summed E-state index contributed by atoms with van der Waals surface area (Å²) in [6, 6.07) is 117. The topological polar surface area (TPSA) is 69.4 Å². The molecule has 434 valence electrons. The van der Waals surface area contributed by atoms with E-state index < -0.39 is 0 Å². The van der Waals surface area contributed by atoms with E-state index in [4.69, 9.17) is 24.9 Å². The highest BCUT2D eigenvalue weighted by atomic mass is 15.1. The zero-order chi connectivity index (χ0) is 61.6. The molecule has 6 nitrogen and oxygen atoms in total. The first-order chi connectivity index (χ1) is 46.1. The second kappa shape index (κ2) is 23.5. The maximum Gasteiger partial charge on any atom is 0.145 e.